The van der Waals surface area contributed by atoms with Gasteiger partial charge in [-0.1, -0.05) is 41.1 Å². The third-order valence-corrected chi connectivity index (χ3v) is 8.03. The zero-order valence-corrected chi connectivity index (χ0v) is 24.4. The Morgan fingerprint density at radius 3 is 2.33 bits per heavy atom. The van der Waals surface area contributed by atoms with Crippen molar-refractivity contribution in [2.75, 3.05) is 17.1 Å². The Balaban J connectivity index is 2.19. The van der Waals surface area contributed by atoms with Gasteiger partial charge in [0.05, 0.1) is 11.9 Å². The minimum Gasteiger partial charge on any atom is -0.352 e. The summed E-state index contributed by atoms with van der Waals surface area (Å²) >= 11 is 3.46. The molecule has 2 atom stereocenters. The van der Waals surface area contributed by atoms with Crippen LogP contribution in [0.25, 0.3) is 0 Å². The second-order valence-corrected chi connectivity index (χ2v) is 12.2. The van der Waals surface area contributed by atoms with Crippen LogP contribution in [0.2, 0.25) is 0 Å². The monoisotopic (exact) mass is 579 g/mol. The van der Waals surface area contributed by atoms with Crippen molar-refractivity contribution in [3.63, 3.8) is 0 Å². The van der Waals surface area contributed by atoms with Crippen LogP contribution in [0, 0.1) is 13.8 Å². The quantitative estimate of drug-likeness (QED) is 0.385. The number of sulfonamides is 1. The van der Waals surface area contributed by atoms with E-state index >= 15 is 0 Å². The number of nitrogens with one attached hydrogen (secondary N) is 1. The van der Waals surface area contributed by atoms with E-state index in [-0.39, 0.29) is 37.4 Å². The van der Waals surface area contributed by atoms with Crippen molar-refractivity contribution in [2.24, 2.45) is 0 Å². The summed E-state index contributed by atoms with van der Waals surface area (Å²) in [7, 11) is -3.53. The zero-order valence-electron chi connectivity index (χ0n) is 22.0. The van der Waals surface area contributed by atoms with E-state index in [2.05, 4.69) is 21.2 Å². The van der Waals surface area contributed by atoms with Gasteiger partial charge in [-0.2, -0.15) is 0 Å². The first-order valence-electron chi connectivity index (χ1n) is 12.2. The fraction of sp³-hybridized carbons (Fsp3) is 0.481. The number of anilines is 1. The maximum Gasteiger partial charge on any atom is 0.242 e. The maximum absolute atomic E-state index is 13.4. The number of halogens is 1. The average Bonchev–Trinajstić information content (AvgIpc) is 2.80. The summed E-state index contributed by atoms with van der Waals surface area (Å²) in [6.45, 7) is 10.0. The van der Waals surface area contributed by atoms with Crippen LogP contribution in [0.4, 0.5) is 5.69 Å². The van der Waals surface area contributed by atoms with Crippen molar-refractivity contribution < 1.29 is 18.0 Å². The smallest absolute Gasteiger partial charge is 0.242 e. The van der Waals surface area contributed by atoms with Gasteiger partial charge in [-0.3, -0.25) is 13.9 Å². The number of carbonyl (C=O) groups is 2. The molecule has 0 aliphatic rings. The topological polar surface area (TPSA) is 86.8 Å². The molecule has 0 saturated heterocycles. The van der Waals surface area contributed by atoms with Crippen molar-refractivity contribution in [1.82, 2.24) is 10.2 Å². The highest BCUT2D eigenvalue weighted by Crippen LogP contribution is 2.22. The minimum atomic E-state index is -3.53. The molecule has 2 unspecified atom stereocenters. The molecule has 0 bridgehead atoms. The van der Waals surface area contributed by atoms with E-state index in [0.29, 0.717) is 12.1 Å². The fourth-order valence-corrected chi connectivity index (χ4v) is 5.17. The first-order valence-corrected chi connectivity index (χ1v) is 14.9. The summed E-state index contributed by atoms with van der Waals surface area (Å²) in [5, 5.41) is 2.96. The molecule has 2 aromatic carbocycles. The van der Waals surface area contributed by atoms with Crippen molar-refractivity contribution in [1.29, 1.82) is 0 Å². The molecule has 9 heteroatoms. The van der Waals surface area contributed by atoms with E-state index in [0.717, 1.165) is 27.6 Å². The van der Waals surface area contributed by atoms with Crippen molar-refractivity contribution in [3.8, 4) is 0 Å². The van der Waals surface area contributed by atoms with Crippen LogP contribution in [-0.4, -0.2) is 50.0 Å². The molecule has 0 saturated carbocycles. The standard InChI is InChI=1S/C27H38BrN3O4S/c1-7-21(4)29-27(33)22(5)30(18-23-10-8-11-24(28)17-23)26(32)12-9-15-31(36(6,34)35)25-14-13-19(2)20(3)16-25/h8,10-11,13-14,16-17,21-22H,7,9,12,15,18H2,1-6H3,(H,29,33). The molecule has 0 fully saturated rings. The van der Waals surface area contributed by atoms with Crippen molar-refractivity contribution >= 4 is 43.5 Å². The molecule has 36 heavy (non-hydrogen) atoms. The number of benzene rings is 2. The Bertz CT molecular complexity index is 1170. The molecule has 0 heterocycles. The van der Waals surface area contributed by atoms with Gasteiger partial charge in [0.25, 0.3) is 0 Å². The zero-order chi connectivity index (χ0) is 27.0. The van der Waals surface area contributed by atoms with E-state index < -0.39 is 16.1 Å². The molecule has 2 aromatic rings. The number of hydrogen-bond acceptors (Lipinski definition) is 4. The van der Waals surface area contributed by atoms with E-state index in [9.17, 15) is 18.0 Å². The largest absolute Gasteiger partial charge is 0.352 e. The molecule has 2 amide bonds. The number of nitrogens with zero attached hydrogens (tertiary/aromatic N) is 2. The lowest BCUT2D eigenvalue weighted by atomic mass is 10.1. The van der Waals surface area contributed by atoms with E-state index in [1.807, 2.05) is 64.1 Å². The summed E-state index contributed by atoms with van der Waals surface area (Å²) in [5.41, 5.74) is 3.56. The maximum atomic E-state index is 13.4. The summed E-state index contributed by atoms with van der Waals surface area (Å²) in [4.78, 5) is 27.8. The molecule has 0 aliphatic carbocycles. The van der Waals surface area contributed by atoms with Crippen LogP contribution in [0.1, 0.15) is 56.7 Å². The number of hydrogen-bond donors (Lipinski definition) is 1. The first kappa shape index (κ1) is 29.8. The van der Waals surface area contributed by atoms with Crippen molar-refractivity contribution in [3.05, 3.63) is 63.6 Å². The fourth-order valence-electron chi connectivity index (χ4n) is 3.76. The molecule has 1 N–H and O–H groups in total. The predicted molar refractivity (Wildman–Crippen MR) is 149 cm³/mol. The van der Waals surface area contributed by atoms with Gasteiger partial charge in [0.1, 0.15) is 6.04 Å². The summed E-state index contributed by atoms with van der Waals surface area (Å²) in [6.07, 6.45) is 2.40. The predicted octanol–water partition coefficient (Wildman–Crippen LogP) is 4.94. The molecule has 0 spiro atoms. The van der Waals surface area contributed by atoms with Gasteiger partial charge in [0.15, 0.2) is 0 Å². The lowest BCUT2D eigenvalue weighted by Crippen LogP contribution is -2.49. The highest BCUT2D eigenvalue weighted by atomic mass is 79.9. The van der Waals surface area contributed by atoms with Gasteiger partial charge >= 0.3 is 0 Å². The normalized spacial score (nSPS) is 13.1. The van der Waals surface area contributed by atoms with Crippen LogP contribution in [0.3, 0.4) is 0 Å². The molecule has 0 aromatic heterocycles. The number of aryl methyl sites for hydroxylation is 2. The Morgan fingerprint density at radius 2 is 1.75 bits per heavy atom. The van der Waals surface area contributed by atoms with Gasteiger partial charge in [0.2, 0.25) is 21.8 Å². The van der Waals surface area contributed by atoms with Crippen LogP contribution < -0.4 is 9.62 Å². The Labute approximate surface area is 224 Å². The van der Waals surface area contributed by atoms with Crippen molar-refractivity contribution in [2.45, 2.75) is 72.5 Å². The number of rotatable bonds is 12. The van der Waals surface area contributed by atoms with Gasteiger partial charge in [-0.15, -0.1) is 0 Å². The molecule has 7 nitrogen and oxygen atoms in total. The lowest BCUT2D eigenvalue weighted by molar-refractivity contribution is -0.140. The highest BCUT2D eigenvalue weighted by molar-refractivity contribution is 9.10. The average molecular weight is 581 g/mol. The summed E-state index contributed by atoms with van der Waals surface area (Å²) in [5.74, 6) is -0.407. The van der Waals surface area contributed by atoms with Gasteiger partial charge in [-0.25, -0.2) is 8.42 Å². The van der Waals surface area contributed by atoms with E-state index in [1.54, 1.807) is 17.9 Å². The third kappa shape index (κ3) is 8.62. The minimum absolute atomic E-state index is 0.00376. The SMILES string of the molecule is CCC(C)NC(=O)C(C)N(Cc1cccc(Br)c1)C(=O)CCCN(c1ccc(C)c(C)c1)S(C)(=O)=O. The Kier molecular flexibility index (Phi) is 11.0. The van der Waals surface area contributed by atoms with Crippen LogP contribution in [0.15, 0.2) is 46.9 Å². The number of amides is 2. The Morgan fingerprint density at radius 1 is 1.06 bits per heavy atom. The second-order valence-electron chi connectivity index (χ2n) is 9.35. The lowest BCUT2D eigenvalue weighted by Gasteiger charge is -2.30. The van der Waals surface area contributed by atoms with Crippen LogP contribution >= 0.6 is 15.9 Å². The molecular weight excluding hydrogens is 542 g/mol. The first-order chi connectivity index (χ1) is 16.8. The summed E-state index contributed by atoms with van der Waals surface area (Å²) < 4.78 is 27.3. The van der Waals surface area contributed by atoms with Gasteiger partial charge in [0, 0.05) is 30.0 Å². The molecule has 198 valence electrons. The van der Waals surface area contributed by atoms with Crippen LogP contribution in [0.5, 0.6) is 0 Å². The molecule has 2 rings (SSSR count). The summed E-state index contributed by atoms with van der Waals surface area (Å²) in [6, 6.07) is 12.5. The second kappa shape index (κ2) is 13.2. The van der Waals surface area contributed by atoms with Crippen LogP contribution in [-0.2, 0) is 26.2 Å². The van der Waals surface area contributed by atoms with Gasteiger partial charge < -0.3 is 10.2 Å². The van der Waals surface area contributed by atoms with E-state index in [4.69, 9.17) is 0 Å². The molecule has 0 radical (unpaired) electrons. The highest BCUT2D eigenvalue weighted by Gasteiger charge is 2.27. The van der Waals surface area contributed by atoms with E-state index in [1.165, 1.54) is 10.6 Å². The molecule has 0 aliphatic heterocycles. The Hall–Kier alpha value is -2.39. The molecular formula is C27H38BrN3O4S. The third-order valence-electron chi connectivity index (χ3n) is 6.34. The van der Waals surface area contributed by atoms with Gasteiger partial charge in [-0.05, 0) is 81.5 Å². The number of carbonyl (C=O) groups excluding carboxylic acids is 2.